The molecule has 1 aromatic heterocycles. The molecule has 2 aliphatic rings. The number of rotatable bonds is 4. The number of hydrogen-bond donors (Lipinski definition) is 1. The summed E-state index contributed by atoms with van der Waals surface area (Å²) in [6.07, 6.45) is 7.05. The average Bonchev–Trinajstić information content (AvgIpc) is 3.12. The average molecular weight is 296 g/mol. The van der Waals surface area contributed by atoms with E-state index in [1.54, 1.807) is 10.9 Å². The summed E-state index contributed by atoms with van der Waals surface area (Å²) >= 11 is 6.08. The van der Waals surface area contributed by atoms with Crippen LogP contribution in [0.2, 0.25) is 5.02 Å². The quantitative estimate of drug-likeness (QED) is 0.928. The number of nitrogens with one attached hydrogen (secondary N) is 1. The van der Waals surface area contributed by atoms with E-state index in [1.165, 1.54) is 25.7 Å². The minimum absolute atomic E-state index is 0.141. The van der Waals surface area contributed by atoms with E-state index in [9.17, 15) is 4.79 Å². The molecular weight excluding hydrogens is 274 g/mol. The first-order valence-corrected chi connectivity index (χ1v) is 8.00. The number of nitrogens with zero attached hydrogens (tertiary/aromatic N) is 2. The Balaban J connectivity index is 1.64. The molecule has 0 unspecified atom stereocenters. The van der Waals surface area contributed by atoms with Gasteiger partial charge in [0.1, 0.15) is 0 Å². The number of aromatic nitrogens is 2. The molecule has 1 N–H and O–H groups in total. The first-order chi connectivity index (χ1) is 9.58. The van der Waals surface area contributed by atoms with Gasteiger partial charge >= 0.3 is 0 Å². The van der Waals surface area contributed by atoms with Crippen LogP contribution in [0.15, 0.2) is 6.20 Å². The van der Waals surface area contributed by atoms with Crippen molar-refractivity contribution in [2.45, 2.75) is 52.1 Å². The molecule has 1 aromatic rings. The van der Waals surface area contributed by atoms with Gasteiger partial charge in [-0.1, -0.05) is 18.0 Å². The summed E-state index contributed by atoms with van der Waals surface area (Å²) in [5.41, 5.74) is 0.350. The molecule has 2 aliphatic carbocycles. The highest BCUT2D eigenvalue weighted by Crippen LogP contribution is 2.49. The second kappa shape index (κ2) is 5.40. The molecule has 2 saturated carbocycles. The summed E-state index contributed by atoms with van der Waals surface area (Å²) in [4.78, 5) is 12.3. The van der Waals surface area contributed by atoms with Crippen LogP contribution >= 0.6 is 11.6 Å². The van der Waals surface area contributed by atoms with Crippen LogP contribution in [-0.4, -0.2) is 21.7 Å². The smallest absolute Gasteiger partial charge is 0.273 e. The second-order valence-electron chi connectivity index (χ2n) is 6.28. The van der Waals surface area contributed by atoms with Gasteiger partial charge in [0.05, 0.1) is 5.02 Å². The van der Waals surface area contributed by atoms with E-state index in [0.29, 0.717) is 16.6 Å². The molecule has 0 spiro atoms. The van der Waals surface area contributed by atoms with E-state index >= 15 is 0 Å². The van der Waals surface area contributed by atoms with E-state index in [1.807, 2.05) is 6.92 Å². The fourth-order valence-electron chi connectivity index (χ4n) is 4.00. The number of fused-ring (bicyclic) bond motifs is 2. The van der Waals surface area contributed by atoms with Gasteiger partial charge in [-0.05, 0) is 50.9 Å². The van der Waals surface area contributed by atoms with E-state index < -0.39 is 0 Å². The van der Waals surface area contributed by atoms with Crippen LogP contribution in [0, 0.1) is 17.8 Å². The van der Waals surface area contributed by atoms with Gasteiger partial charge in [0.15, 0.2) is 5.69 Å². The Bertz CT molecular complexity index is 513. The zero-order chi connectivity index (χ0) is 14.3. The lowest BCUT2D eigenvalue weighted by atomic mass is 9.84. The highest BCUT2D eigenvalue weighted by atomic mass is 35.5. The first-order valence-electron chi connectivity index (χ1n) is 7.62. The molecule has 20 heavy (non-hydrogen) atoms. The standard InChI is InChI=1S/C15H22ClN3O/c1-3-19-8-13(16)14(18-19)15(20)17-9(2)12-7-10-4-5-11(12)6-10/h8-12H,3-7H2,1-2H3,(H,17,20)/t9-,10-,11-,12+/m0/s1. The molecule has 4 atom stereocenters. The Hall–Kier alpha value is -1.03. The molecule has 0 aromatic carbocycles. The van der Waals surface area contributed by atoms with Crippen LogP contribution in [0.3, 0.4) is 0 Å². The van der Waals surface area contributed by atoms with Crippen LogP contribution in [-0.2, 0) is 6.54 Å². The molecule has 1 amide bonds. The number of amides is 1. The lowest BCUT2D eigenvalue weighted by Gasteiger charge is -2.28. The monoisotopic (exact) mass is 295 g/mol. The second-order valence-corrected chi connectivity index (χ2v) is 6.69. The van der Waals surface area contributed by atoms with Crippen molar-refractivity contribution in [2.75, 3.05) is 0 Å². The Morgan fingerprint density at radius 2 is 2.35 bits per heavy atom. The van der Waals surface area contributed by atoms with Crippen molar-refractivity contribution in [3.8, 4) is 0 Å². The van der Waals surface area contributed by atoms with Gasteiger partial charge < -0.3 is 5.32 Å². The largest absolute Gasteiger partial charge is 0.348 e. The Morgan fingerprint density at radius 1 is 1.55 bits per heavy atom. The highest BCUT2D eigenvalue weighted by molar-refractivity contribution is 6.33. The van der Waals surface area contributed by atoms with Gasteiger partial charge in [-0.15, -0.1) is 0 Å². The molecule has 2 bridgehead atoms. The molecule has 3 rings (SSSR count). The van der Waals surface area contributed by atoms with Gasteiger partial charge in [-0.3, -0.25) is 9.48 Å². The van der Waals surface area contributed by atoms with Crippen molar-refractivity contribution in [3.05, 3.63) is 16.9 Å². The van der Waals surface area contributed by atoms with Crippen LogP contribution < -0.4 is 5.32 Å². The summed E-state index contributed by atoms with van der Waals surface area (Å²) in [6, 6.07) is 0.209. The summed E-state index contributed by atoms with van der Waals surface area (Å²) in [7, 11) is 0. The van der Waals surface area contributed by atoms with Crippen molar-refractivity contribution in [3.63, 3.8) is 0 Å². The van der Waals surface area contributed by atoms with E-state index in [2.05, 4.69) is 17.3 Å². The normalized spacial score (nSPS) is 29.6. The summed E-state index contributed by atoms with van der Waals surface area (Å²) < 4.78 is 1.69. The number of halogens is 1. The van der Waals surface area contributed by atoms with E-state index in [-0.39, 0.29) is 11.9 Å². The molecule has 1 heterocycles. The lowest BCUT2D eigenvalue weighted by Crippen LogP contribution is -2.40. The number of aryl methyl sites for hydroxylation is 1. The fourth-order valence-corrected chi connectivity index (χ4v) is 4.24. The Labute approximate surface area is 124 Å². The number of carbonyl (C=O) groups is 1. The maximum Gasteiger partial charge on any atom is 0.273 e. The van der Waals surface area contributed by atoms with Gasteiger partial charge in [0, 0.05) is 18.8 Å². The maximum absolute atomic E-state index is 12.3. The minimum atomic E-state index is -0.141. The molecule has 5 heteroatoms. The third kappa shape index (κ3) is 2.46. The molecule has 2 fully saturated rings. The molecular formula is C15H22ClN3O. The maximum atomic E-state index is 12.3. The molecule has 110 valence electrons. The van der Waals surface area contributed by atoms with Crippen LogP contribution in [0.5, 0.6) is 0 Å². The van der Waals surface area contributed by atoms with Crippen LogP contribution in [0.1, 0.15) is 50.0 Å². The third-order valence-electron chi connectivity index (χ3n) is 5.05. The van der Waals surface area contributed by atoms with Gasteiger partial charge in [0.2, 0.25) is 0 Å². The molecule has 0 radical (unpaired) electrons. The number of hydrogen-bond acceptors (Lipinski definition) is 2. The minimum Gasteiger partial charge on any atom is -0.348 e. The van der Waals surface area contributed by atoms with E-state index in [4.69, 9.17) is 11.6 Å². The van der Waals surface area contributed by atoms with Crippen molar-refractivity contribution < 1.29 is 4.79 Å². The highest BCUT2D eigenvalue weighted by Gasteiger charge is 2.42. The fraction of sp³-hybridized carbons (Fsp3) is 0.733. The zero-order valence-corrected chi connectivity index (χ0v) is 12.9. The summed E-state index contributed by atoms with van der Waals surface area (Å²) in [6.45, 7) is 4.81. The summed E-state index contributed by atoms with van der Waals surface area (Å²) in [5.74, 6) is 2.19. The van der Waals surface area contributed by atoms with Crippen LogP contribution in [0.25, 0.3) is 0 Å². The van der Waals surface area contributed by atoms with E-state index in [0.717, 1.165) is 18.4 Å². The predicted molar refractivity (Wildman–Crippen MR) is 78.8 cm³/mol. The Kier molecular flexibility index (Phi) is 3.76. The third-order valence-corrected chi connectivity index (χ3v) is 5.33. The summed E-state index contributed by atoms with van der Waals surface area (Å²) in [5, 5.41) is 7.77. The zero-order valence-electron chi connectivity index (χ0n) is 12.1. The molecule has 0 saturated heterocycles. The van der Waals surface area contributed by atoms with Crippen molar-refractivity contribution in [2.24, 2.45) is 17.8 Å². The van der Waals surface area contributed by atoms with Gasteiger partial charge in [0.25, 0.3) is 5.91 Å². The molecule has 0 aliphatic heterocycles. The van der Waals surface area contributed by atoms with Gasteiger partial charge in [-0.25, -0.2) is 0 Å². The van der Waals surface area contributed by atoms with Crippen LogP contribution in [0.4, 0.5) is 0 Å². The van der Waals surface area contributed by atoms with Crippen molar-refractivity contribution >= 4 is 17.5 Å². The predicted octanol–water partition coefficient (Wildman–Crippen LogP) is 3.11. The lowest BCUT2D eigenvalue weighted by molar-refractivity contribution is 0.0909. The SMILES string of the molecule is CCn1cc(Cl)c(C(=O)N[C@@H](C)[C@H]2C[C@H]3CC[C@H]2C3)n1. The van der Waals surface area contributed by atoms with Crippen molar-refractivity contribution in [1.29, 1.82) is 0 Å². The number of carbonyl (C=O) groups excluding carboxylic acids is 1. The first kappa shape index (κ1) is 13.9. The topological polar surface area (TPSA) is 46.9 Å². The van der Waals surface area contributed by atoms with Crippen molar-refractivity contribution in [1.82, 2.24) is 15.1 Å². The Morgan fingerprint density at radius 3 is 2.90 bits per heavy atom. The molecule has 4 nitrogen and oxygen atoms in total. The van der Waals surface area contributed by atoms with Gasteiger partial charge in [-0.2, -0.15) is 5.10 Å².